The van der Waals surface area contributed by atoms with Gasteiger partial charge in [-0.3, -0.25) is 14.0 Å². The van der Waals surface area contributed by atoms with E-state index in [0.29, 0.717) is 17.2 Å². The Kier molecular flexibility index (Phi) is 3.89. The van der Waals surface area contributed by atoms with E-state index in [1.807, 2.05) is 12.1 Å². The van der Waals surface area contributed by atoms with Crippen molar-refractivity contribution in [1.82, 2.24) is 14.7 Å². The molecule has 3 rings (SSSR count). The van der Waals surface area contributed by atoms with E-state index in [-0.39, 0.29) is 11.1 Å². The molecule has 5 nitrogen and oxygen atoms in total. The Morgan fingerprint density at radius 2 is 1.95 bits per heavy atom. The summed E-state index contributed by atoms with van der Waals surface area (Å²) < 4.78 is 1.34. The number of amides is 1. The maximum Gasteiger partial charge on any atom is 0.270 e. The fraction of sp³-hybridized carbons (Fsp3) is 0.0625. The Morgan fingerprint density at radius 1 is 1.18 bits per heavy atom. The lowest BCUT2D eigenvalue weighted by molar-refractivity contribution is 0.0949. The van der Waals surface area contributed by atoms with Crippen molar-refractivity contribution >= 4 is 23.2 Å². The molecule has 22 heavy (non-hydrogen) atoms. The van der Waals surface area contributed by atoms with Crippen molar-refractivity contribution in [3.63, 3.8) is 0 Å². The van der Waals surface area contributed by atoms with Crippen LogP contribution in [0.3, 0.4) is 0 Å². The highest BCUT2D eigenvalue weighted by Crippen LogP contribution is 2.09. The summed E-state index contributed by atoms with van der Waals surface area (Å²) in [6.07, 6.45) is 2.88. The van der Waals surface area contributed by atoms with Gasteiger partial charge in [0.25, 0.3) is 11.5 Å². The number of aromatic nitrogens is 2. The third-order valence-corrected chi connectivity index (χ3v) is 3.48. The third kappa shape index (κ3) is 2.84. The molecule has 110 valence electrons. The average Bonchev–Trinajstić information content (AvgIpc) is 2.55. The normalized spacial score (nSPS) is 10.6. The van der Waals surface area contributed by atoms with Crippen LogP contribution in [0.5, 0.6) is 0 Å². The van der Waals surface area contributed by atoms with Crippen molar-refractivity contribution in [3.8, 4) is 0 Å². The second kappa shape index (κ2) is 5.99. The van der Waals surface area contributed by atoms with Crippen LogP contribution >= 0.6 is 11.6 Å². The smallest absolute Gasteiger partial charge is 0.270 e. The number of hydrogen-bond donors (Lipinski definition) is 1. The lowest BCUT2D eigenvalue weighted by atomic mass is 10.2. The second-order valence-electron chi connectivity index (χ2n) is 4.72. The molecule has 1 amide bonds. The van der Waals surface area contributed by atoms with Gasteiger partial charge in [0.15, 0.2) is 0 Å². The summed E-state index contributed by atoms with van der Waals surface area (Å²) >= 11 is 5.81. The number of halogens is 1. The molecule has 0 aliphatic rings. The minimum absolute atomic E-state index is 0.0117. The first kappa shape index (κ1) is 14.3. The van der Waals surface area contributed by atoms with E-state index in [0.717, 1.165) is 5.56 Å². The summed E-state index contributed by atoms with van der Waals surface area (Å²) in [6.45, 7) is 0.312. The topological polar surface area (TPSA) is 63.5 Å². The minimum atomic E-state index is -0.453. The Morgan fingerprint density at radius 3 is 2.73 bits per heavy atom. The Labute approximate surface area is 131 Å². The number of nitrogens with zero attached hydrogens (tertiary/aromatic N) is 2. The van der Waals surface area contributed by atoms with Gasteiger partial charge in [0, 0.05) is 24.0 Å². The number of rotatable bonds is 3. The highest BCUT2D eigenvalue weighted by Gasteiger charge is 2.12. The number of hydrogen-bond acceptors (Lipinski definition) is 3. The van der Waals surface area contributed by atoms with Gasteiger partial charge >= 0.3 is 0 Å². The van der Waals surface area contributed by atoms with Gasteiger partial charge in [-0.15, -0.1) is 0 Å². The van der Waals surface area contributed by atoms with Crippen LogP contribution < -0.4 is 10.9 Å². The van der Waals surface area contributed by atoms with Crippen LogP contribution in [0.4, 0.5) is 0 Å². The van der Waals surface area contributed by atoms with E-state index in [9.17, 15) is 9.59 Å². The zero-order valence-corrected chi connectivity index (χ0v) is 12.2. The first-order valence-electron chi connectivity index (χ1n) is 6.64. The van der Waals surface area contributed by atoms with Crippen LogP contribution in [-0.4, -0.2) is 15.3 Å². The Balaban J connectivity index is 1.82. The van der Waals surface area contributed by atoms with Crippen molar-refractivity contribution in [3.05, 3.63) is 81.4 Å². The van der Waals surface area contributed by atoms with Crippen molar-refractivity contribution in [1.29, 1.82) is 0 Å². The summed E-state index contributed by atoms with van der Waals surface area (Å²) in [4.78, 5) is 28.5. The Bertz CT molecular complexity index is 888. The molecule has 0 fully saturated rings. The highest BCUT2D eigenvalue weighted by molar-refractivity contribution is 6.30. The zero-order chi connectivity index (χ0) is 15.5. The van der Waals surface area contributed by atoms with E-state index in [1.165, 1.54) is 10.6 Å². The number of benzene rings is 1. The van der Waals surface area contributed by atoms with E-state index in [1.54, 1.807) is 36.5 Å². The van der Waals surface area contributed by atoms with Crippen molar-refractivity contribution in [2.45, 2.75) is 6.54 Å². The second-order valence-corrected chi connectivity index (χ2v) is 5.15. The molecule has 0 radical (unpaired) electrons. The Hall–Kier alpha value is -2.66. The number of nitrogens with one attached hydrogen (secondary N) is 1. The van der Waals surface area contributed by atoms with Gasteiger partial charge in [0.05, 0.1) is 0 Å². The van der Waals surface area contributed by atoms with Crippen LogP contribution in [0.15, 0.2) is 59.7 Å². The largest absolute Gasteiger partial charge is 0.348 e. The first-order valence-corrected chi connectivity index (χ1v) is 7.02. The van der Waals surface area contributed by atoms with E-state index >= 15 is 0 Å². The van der Waals surface area contributed by atoms with Crippen molar-refractivity contribution in [2.24, 2.45) is 0 Å². The molecule has 0 aliphatic heterocycles. The van der Waals surface area contributed by atoms with Gasteiger partial charge in [0.2, 0.25) is 0 Å². The zero-order valence-electron chi connectivity index (χ0n) is 11.5. The SMILES string of the molecule is O=C(NCc1ccc(Cl)cc1)c1cnc2ccccn2c1=O. The van der Waals surface area contributed by atoms with Crippen LogP contribution in [-0.2, 0) is 6.54 Å². The van der Waals surface area contributed by atoms with Gasteiger partial charge in [-0.2, -0.15) is 0 Å². The summed E-state index contributed by atoms with van der Waals surface area (Å²) in [6, 6.07) is 12.3. The van der Waals surface area contributed by atoms with Gasteiger partial charge in [0.1, 0.15) is 11.2 Å². The van der Waals surface area contributed by atoms with Crippen molar-refractivity contribution in [2.75, 3.05) is 0 Å². The van der Waals surface area contributed by atoms with E-state index in [4.69, 9.17) is 11.6 Å². The number of pyridine rings is 1. The van der Waals surface area contributed by atoms with Gasteiger partial charge in [-0.25, -0.2) is 4.98 Å². The molecule has 0 unspecified atom stereocenters. The molecular weight excluding hydrogens is 302 g/mol. The predicted octanol–water partition coefficient (Wildman–Crippen LogP) is 2.28. The van der Waals surface area contributed by atoms with Crippen molar-refractivity contribution < 1.29 is 4.79 Å². The van der Waals surface area contributed by atoms with Gasteiger partial charge in [-0.1, -0.05) is 29.8 Å². The highest BCUT2D eigenvalue weighted by atomic mass is 35.5. The van der Waals surface area contributed by atoms with Crippen LogP contribution in [0, 0.1) is 0 Å². The molecule has 0 atom stereocenters. The van der Waals surface area contributed by atoms with Gasteiger partial charge in [-0.05, 0) is 29.8 Å². The molecule has 0 saturated heterocycles. The molecule has 0 bridgehead atoms. The molecule has 1 aromatic carbocycles. The maximum atomic E-state index is 12.3. The molecule has 2 aromatic heterocycles. The van der Waals surface area contributed by atoms with E-state index < -0.39 is 5.91 Å². The summed E-state index contributed by atoms with van der Waals surface area (Å²) in [7, 11) is 0. The molecule has 3 aromatic rings. The molecule has 0 aliphatic carbocycles. The quantitative estimate of drug-likeness (QED) is 0.807. The molecule has 6 heteroatoms. The van der Waals surface area contributed by atoms with Crippen LogP contribution in [0.1, 0.15) is 15.9 Å². The lowest BCUT2D eigenvalue weighted by Gasteiger charge is -2.06. The fourth-order valence-electron chi connectivity index (χ4n) is 2.06. The number of carbonyl (C=O) groups is 1. The molecular formula is C16H12ClN3O2. The molecule has 0 spiro atoms. The summed E-state index contributed by atoms with van der Waals surface area (Å²) in [5, 5.41) is 3.34. The number of fused-ring (bicyclic) bond motifs is 1. The van der Waals surface area contributed by atoms with Gasteiger partial charge < -0.3 is 5.32 Å². The fourth-order valence-corrected chi connectivity index (χ4v) is 2.19. The lowest BCUT2D eigenvalue weighted by Crippen LogP contribution is -2.31. The maximum absolute atomic E-state index is 12.3. The number of carbonyl (C=O) groups excluding carboxylic acids is 1. The molecule has 2 heterocycles. The predicted molar refractivity (Wildman–Crippen MR) is 84.1 cm³/mol. The van der Waals surface area contributed by atoms with Crippen LogP contribution in [0.2, 0.25) is 5.02 Å². The van der Waals surface area contributed by atoms with E-state index in [2.05, 4.69) is 10.3 Å². The molecule has 1 N–H and O–H groups in total. The first-order chi connectivity index (χ1) is 10.6. The third-order valence-electron chi connectivity index (χ3n) is 3.22. The summed E-state index contributed by atoms with van der Waals surface area (Å²) in [5.74, 6) is -0.453. The standard InChI is InChI=1S/C16H12ClN3O2/c17-12-6-4-11(5-7-12)9-19-15(21)13-10-18-14-3-1-2-8-20(14)16(13)22/h1-8,10H,9H2,(H,19,21). The minimum Gasteiger partial charge on any atom is -0.348 e. The van der Waals surface area contributed by atoms with Crippen LogP contribution in [0.25, 0.3) is 5.65 Å². The molecule has 0 saturated carbocycles. The average molecular weight is 314 g/mol. The summed E-state index contributed by atoms with van der Waals surface area (Å²) in [5.41, 5.74) is 1.02. The monoisotopic (exact) mass is 313 g/mol.